The van der Waals surface area contributed by atoms with Crippen LogP contribution >= 0.6 is 0 Å². The smallest absolute Gasteiger partial charge is 0.164 e. The van der Waals surface area contributed by atoms with E-state index in [9.17, 15) is 4.39 Å². The number of halogens is 1. The summed E-state index contributed by atoms with van der Waals surface area (Å²) in [6.07, 6.45) is 0.753. The Labute approximate surface area is 126 Å². The van der Waals surface area contributed by atoms with Crippen molar-refractivity contribution in [3.05, 3.63) is 23.5 Å². The molecule has 1 unspecified atom stereocenters. The van der Waals surface area contributed by atoms with Crippen molar-refractivity contribution in [1.82, 2.24) is 0 Å². The largest absolute Gasteiger partial charge is 0.490 e. The second-order valence-corrected chi connectivity index (χ2v) is 5.16. The molecule has 0 aliphatic heterocycles. The fourth-order valence-corrected chi connectivity index (χ4v) is 2.38. The number of hydrogen-bond acceptors (Lipinski definition) is 4. The average molecular weight is 298 g/mol. The Morgan fingerprint density at radius 2 is 1.57 bits per heavy atom. The molecule has 4 N–H and O–H groups in total. The summed E-state index contributed by atoms with van der Waals surface area (Å²) in [5, 5.41) is 0. The van der Waals surface area contributed by atoms with Gasteiger partial charge >= 0.3 is 0 Å². The van der Waals surface area contributed by atoms with Crippen LogP contribution in [-0.4, -0.2) is 26.3 Å². The molecule has 0 aliphatic carbocycles. The van der Waals surface area contributed by atoms with Crippen molar-refractivity contribution >= 4 is 0 Å². The zero-order chi connectivity index (χ0) is 15.8. The minimum atomic E-state index is -0.276. The van der Waals surface area contributed by atoms with Crippen LogP contribution in [0.3, 0.4) is 0 Å². The normalized spacial score (nSPS) is 12.5. The van der Waals surface area contributed by atoms with Crippen LogP contribution in [0.5, 0.6) is 11.5 Å². The van der Waals surface area contributed by atoms with Crippen LogP contribution in [-0.2, 0) is 0 Å². The molecule has 0 aliphatic rings. The highest BCUT2D eigenvalue weighted by atomic mass is 19.1. The van der Waals surface area contributed by atoms with Crippen molar-refractivity contribution in [2.45, 2.75) is 33.1 Å². The van der Waals surface area contributed by atoms with Crippen LogP contribution in [0.25, 0.3) is 0 Å². The van der Waals surface area contributed by atoms with Gasteiger partial charge in [-0.15, -0.1) is 0 Å². The Kier molecular flexibility index (Phi) is 7.47. The fourth-order valence-electron chi connectivity index (χ4n) is 2.38. The molecule has 0 amide bonds. The molecule has 1 aromatic carbocycles. The van der Waals surface area contributed by atoms with Gasteiger partial charge in [-0.1, -0.05) is 6.92 Å². The van der Waals surface area contributed by atoms with Crippen molar-refractivity contribution in [3.63, 3.8) is 0 Å². The number of hydrogen-bond donors (Lipinski definition) is 2. The Morgan fingerprint density at radius 1 is 1.05 bits per heavy atom. The molecule has 0 saturated carbocycles. The molecule has 0 heterocycles. The molecule has 5 heteroatoms. The maximum atomic E-state index is 14.3. The lowest BCUT2D eigenvalue weighted by Gasteiger charge is -2.20. The minimum Gasteiger partial charge on any atom is -0.490 e. The molecule has 0 bridgehead atoms. The summed E-state index contributed by atoms with van der Waals surface area (Å²) in [5.41, 5.74) is 12.0. The molecule has 0 spiro atoms. The monoisotopic (exact) mass is 298 g/mol. The van der Waals surface area contributed by atoms with E-state index in [4.69, 9.17) is 20.9 Å². The molecule has 120 valence electrons. The van der Waals surface area contributed by atoms with Gasteiger partial charge in [-0.2, -0.15) is 0 Å². The Hall–Kier alpha value is -1.33. The van der Waals surface area contributed by atoms with Gasteiger partial charge in [-0.3, -0.25) is 0 Å². The maximum Gasteiger partial charge on any atom is 0.164 e. The first-order chi connectivity index (χ1) is 10.1. The van der Waals surface area contributed by atoms with Gasteiger partial charge in [-0.25, -0.2) is 4.39 Å². The number of rotatable bonds is 9. The van der Waals surface area contributed by atoms with Crippen LogP contribution in [0.2, 0.25) is 0 Å². The highest BCUT2D eigenvalue weighted by Crippen LogP contribution is 2.35. The Balaban J connectivity index is 3.03. The van der Waals surface area contributed by atoms with Gasteiger partial charge in [0.1, 0.15) is 5.82 Å². The third-order valence-electron chi connectivity index (χ3n) is 3.55. The van der Waals surface area contributed by atoms with Crippen LogP contribution in [0.4, 0.5) is 4.39 Å². The molecule has 0 saturated heterocycles. The third-order valence-corrected chi connectivity index (χ3v) is 3.55. The first kappa shape index (κ1) is 17.7. The standard InChI is InChI=1S/C16H27FN2O2/c1-4-20-15-7-13(11(3)6-12(9-18)10-19)14(17)8-16(15)21-5-2/h7-8,11-12H,4-6,9-10,18-19H2,1-3H3. The quantitative estimate of drug-likeness (QED) is 0.735. The van der Waals surface area contributed by atoms with Gasteiger partial charge in [0, 0.05) is 6.07 Å². The zero-order valence-corrected chi connectivity index (χ0v) is 13.2. The van der Waals surface area contributed by atoms with Crippen LogP contribution in [0.15, 0.2) is 12.1 Å². The van der Waals surface area contributed by atoms with E-state index in [1.54, 1.807) is 6.07 Å². The summed E-state index contributed by atoms with van der Waals surface area (Å²) in [4.78, 5) is 0. The SMILES string of the molecule is CCOc1cc(F)c(C(C)CC(CN)CN)cc1OCC. The van der Waals surface area contributed by atoms with Gasteiger partial charge in [0.25, 0.3) is 0 Å². The molecule has 0 aromatic heterocycles. The van der Waals surface area contributed by atoms with Gasteiger partial charge in [0.05, 0.1) is 13.2 Å². The summed E-state index contributed by atoms with van der Waals surface area (Å²) < 4.78 is 25.3. The molecule has 1 aromatic rings. The Morgan fingerprint density at radius 3 is 2.05 bits per heavy atom. The van der Waals surface area contributed by atoms with Crippen molar-refractivity contribution in [3.8, 4) is 11.5 Å². The lowest BCUT2D eigenvalue weighted by molar-refractivity contribution is 0.285. The van der Waals surface area contributed by atoms with Gasteiger partial charge in [0.2, 0.25) is 0 Å². The van der Waals surface area contributed by atoms with E-state index >= 15 is 0 Å². The van der Waals surface area contributed by atoms with E-state index in [-0.39, 0.29) is 17.7 Å². The van der Waals surface area contributed by atoms with Crippen molar-refractivity contribution < 1.29 is 13.9 Å². The van der Waals surface area contributed by atoms with E-state index < -0.39 is 0 Å². The number of ether oxygens (including phenoxy) is 2. The Bertz CT molecular complexity index is 437. The van der Waals surface area contributed by atoms with Crippen LogP contribution < -0.4 is 20.9 Å². The second kappa shape index (κ2) is 8.85. The third kappa shape index (κ3) is 4.86. The van der Waals surface area contributed by atoms with E-state index in [1.165, 1.54) is 6.07 Å². The molecule has 1 atom stereocenters. The number of benzene rings is 1. The summed E-state index contributed by atoms with van der Waals surface area (Å²) in [6, 6.07) is 3.14. The van der Waals surface area contributed by atoms with Crippen LogP contribution in [0.1, 0.15) is 38.7 Å². The lowest BCUT2D eigenvalue weighted by atomic mass is 9.89. The van der Waals surface area contributed by atoms with Gasteiger partial charge in [0.15, 0.2) is 11.5 Å². The average Bonchev–Trinajstić information content (AvgIpc) is 2.47. The van der Waals surface area contributed by atoms with E-state index in [1.807, 2.05) is 20.8 Å². The summed E-state index contributed by atoms with van der Waals surface area (Å²) in [7, 11) is 0. The summed E-state index contributed by atoms with van der Waals surface area (Å²) in [6.45, 7) is 7.73. The molecule has 4 nitrogen and oxygen atoms in total. The summed E-state index contributed by atoms with van der Waals surface area (Å²) >= 11 is 0. The summed E-state index contributed by atoms with van der Waals surface area (Å²) in [5.74, 6) is 0.974. The lowest BCUT2D eigenvalue weighted by Crippen LogP contribution is -2.24. The van der Waals surface area contributed by atoms with Crippen LogP contribution in [0, 0.1) is 11.7 Å². The van der Waals surface area contributed by atoms with E-state index in [2.05, 4.69) is 0 Å². The maximum absolute atomic E-state index is 14.3. The molecule has 0 radical (unpaired) electrons. The van der Waals surface area contributed by atoms with Crippen molar-refractivity contribution in [2.75, 3.05) is 26.3 Å². The van der Waals surface area contributed by atoms with E-state index in [0.717, 1.165) is 6.42 Å². The topological polar surface area (TPSA) is 70.5 Å². The first-order valence-electron chi connectivity index (χ1n) is 7.56. The molecule has 0 fully saturated rings. The first-order valence-corrected chi connectivity index (χ1v) is 7.56. The predicted octanol–water partition coefficient (Wildman–Crippen LogP) is 2.65. The zero-order valence-electron chi connectivity index (χ0n) is 13.2. The molecular weight excluding hydrogens is 271 g/mol. The highest BCUT2D eigenvalue weighted by Gasteiger charge is 2.19. The fraction of sp³-hybridized carbons (Fsp3) is 0.625. The molecular formula is C16H27FN2O2. The van der Waals surface area contributed by atoms with Crippen molar-refractivity contribution in [1.29, 1.82) is 0 Å². The van der Waals surface area contributed by atoms with Crippen molar-refractivity contribution in [2.24, 2.45) is 17.4 Å². The van der Waals surface area contributed by atoms with E-state index in [0.29, 0.717) is 43.4 Å². The predicted molar refractivity (Wildman–Crippen MR) is 83.4 cm³/mol. The van der Waals surface area contributed by atoms with Gasteiger partial charge in [-0.05, 0) is 56.8 Å². The molecule has 21 heavy (non-hydrogen) atoms. The van der Waals surface area contributed by atoms with Gasteiger partial charge < -0.3 is 20.9 Å². The minimum absolute atomic E-state index is 0.0250. The second-order valence-electron chi connectivity index (χ2n) is 5.16. The highest BCUT2D eigenvalue weighted by molar-refractivity contribution is 5.45. The molecule has 1 rings (SSSR count). The number of nitrogens with two attached hydrogens (primary N) is 2.